The second kappa shape index (κ2) is 7.86. The molecule has 0 spiro atoms. The maximum Gasteiger partial charge on any atom is 0.274 e. The van der Waals surface area contributed by atoms with Crippen LogP contribution in [0.1, 0.15) is 36.3 Å². The molecule has 0 saturated heterocycles. The summed E-state index contributed by atoms with van der Waals surface area (Å²) in [5, 5.41) is 12.0. The second-order valence-electron chi connectivity index (χ2n) is 7.22. The van der Waals surface area contributed by atoms with Gasteiger partial charge in [0.25, 0.3) is 11.5 Å². The Labute approximate surface area is 171 Å². The Morgan fingerprint density at radius 2 is 1.90 bits per heavy atom. The molecule has 30 heavy (non-hydrogen) atoms. The molecule has 9 heteroatoms. The molecule has 0 aliphatic rings. The van der Waals surface area contributed by atoms with Crippen LogP contribution in [0.5, 0.6) is 0 Å². The number of nitrogens with zero attached hydrogens (tertiary/aromatic N) is 5. The number of pyridine rings is 1. The third-order valence-electron chi connectivity index (χ3n) is 4.75. The van der Waals surface area contributed by atoms with Crippen molar-refractivity contribution in [3.8, 4) is 11.4 Å². The maximum atomic E-state index is 13.1. The Kier molecular flexibility index (Phi) is 5.09. The average molecular weight is 404 g/mol. The van der Waals surface area contributed by atoms with E-state index in [1.807, 2.05) is 19.9 Å². The minimum Gasteiger partial charge on any atom is -0.339 e. The Morgan fingerprint density at radius 1 is 1.13 bits per heavy atom. The Hall–Kier alpha value is -3.88. The molecule has 1 aromatic carbocycles. The van der Waals surface area contributed by atoms with Crippen LogP contribution in [0.4, 0.5) is 0 Å². The lowest BCUT2D eigenvalue weighted by atomic mass is 10.0. The molecule has 4 rings (SSSR count). The summed E-state index contributed by atoms with van der Waals surface area (Å²) in [4.78, 5) is 33.9. The molecule has 0 radical (unpaired) electrons. The normalized spacial score (nSPS) is 12.3. The van der Waals surface area contributed by atoms with Crippen LogP contribution >= 0.6 is 0 Å². The number of aromatic nitrogens is 5. The average Bonchev–Trinajstić information content (AvgIpc) is 3.24. The fraction of sp³-hybridized carbons (Fsp3) is 0.238. The van der Waals surface area contributed by atoms with Crippen molar-refractivity contribution in [3.05, 3.63) is 70.7 Å². The van der Waals surface area contributed by atoms with Crippen molar-refractivity contribution in [2.75, 3.05) is 0 Å². The molecule has 1 unspecified atom stereocenters. The van der Waals surface area contributed by atoms with E-state index in [2.05, 4.69) is 25.5 Å². The fourth-order valence-corrected chi connectivity index (χ4v) is 3.16. The van der Waals surface area contributed by atoms with Gasteiger partial charge < -0.3 is 9.84 Å². The standard InChI is InChI=1S/C21H20N6O3/c1-12(2)16(20-24-18(26-30-20)13-7-6-10-22-11-13)23-19(28)17-14-8-4-5-9-15(14)21(29)27(3)25-17/h4-12,16H,1-3H3,(H,23,28). The van der Waals surface area contributed by atoms with Gasteiger partial charge in [0.1, 0.15) is 6.04 Å². The number of hydrogen-bond acceptors (Lipinski definition) is 7. The number of fused-ring (bicyclic) bond motifs is 1. The number of carbonyl (C=O) groups is 1. The lowest BCUT2D eigenvalue weighted by Crippen LogP contribution is -2.34. The van der Waals surface area contributed by atoms with Crippen LogP contribution in [-0.2, 0) is 7.05 Å². The third kappa shape index (κ3) is 3.57. The summed E-state index contributed by atoms with van der Waals surface area (Å²) in [6.07, 6.45) is 3.30. The quantitative estimate of drug-likeness (QED) is 0.543. The van der Waals surface area contributed by atoms with Crippen molar-refractivity contribution in [3.63, 3.8) is 0 Å². The van der Waals surface area contributed by atoms with E-state index in [1.165, 1.54) is 7.05 Å². The minimum atomic E-state index is -0.534. The van der Waals surface area contributed by atoms with Gasteiger partial charge in [0.15, 0.2) is 5.69 Å². The third-order valence-corrected chi connectivity index (χ3v) is 4.75. The van der Waals surface area contributed by atoms with Gasteiger partial charge in [-0.25, -0.2) is 4.68 Å². The van der Waals surface area contributed by atoms with Crippen molar-refractivity contribution in [1.29, 1.82) is 0 Å². The summed E-state index contributed by atoms with van der Waals surface area (Å²) in [6.45, 7) is 3.87. The van der Waals surface area contributed by atoms with Gasteiger partial charge in [-0.15, -0.1) is 0 Å². The van der Waals surface area contributed by atoms with E-state index in [9.17, 15) is 9.59 Å². The van der Waals surface area contributed by atoms with Gasteiger partial charge in [0, 0.05) is 30.4 Å². The summed E-state index contributed by atoms with van der Waals surface area (Å²) in [7, 11) is 1.52. The summed E-state index contributed by atoms with van der Waals surface area (Å²) < 4.78 is 6.59. The Balaban J connectivity index is 1.68. The van der Waals surface area contributed by atoms with Gasteiger partial charge in [-0.2, -0.15) is 10.1 Å². The van der Waals surface area contributed by atoms with Crippen LogP contribution < -0.4 is 10.9 Å². The predicted molar refractivity (Wildman–Crippen MR) is 110 cm³/mol. The first-order chi connectivity index (χ1) is 14.5. The van der Waals surface area contributed by atoms with E-state index >= 15 is 0 Å². The highest BCUT2D eigenvalue weighted by molar-refractivity contribution is 6.04. The Bertz CT molecular complexity index is 1260. The summed E-state index contributed by atoms with van der Waals surface area (Å²) in [6, 6.07) is 9.96. The molecule has 0 aliphatic carbocycles. The SMILES string of the molecule is CC(C)C(NC(=O)c1nn(C)c(=O)c2ccccc12)c1nc(-c2cccnc2)no1. The first-order valence-corrected chi connectivity index (χ1v) is 9.46. The summed E-state index contributed by atoms with van der Waals surface area (Å²) in [5.74, 6) is 0.214. The number of rotatable bonds is 5. The molecule has 3 aromatic heterocycles. The molecule has 1 N–H and O–H groups in total. The smallest absolute Gasteiger partial charge is 0.274 e. The number of aryl methyl sites for hydroxylation is 1. The number of nitrogens with one attached hydrogen (secondary N) is 1. The van der Waals surface area contributed by atoms with E-state index in [1.54, 1.807) is 42.7 Å². The molecule has 9 nitrogen and oxygen atoms in total. The van der Waals surface area contributed by atoms with Gasteiger partial charge in [-0.3, -0.25) is 14.6 Å². The maximum absolute atomic E-state index is 13.1. The van der Waals surface area contributed by atoms with E-state index < -0.39 is 11.9 Å². The highest BCUT2D eigenvalue weighted by Gasteiger charge is 2.27. The van der Waals surface area contributed by atoms with Crippen LogP contribution in [0, 0.1) is 5.92 Å². The van der Waals surface area contributed by atoms with Gasteiger partial charge in [0.2, 0.25) is 11.7 Å². The van der Waals surface area contributed by atoms with Crippen molar-refractivity contribution in [1.82, 2.24) is 30.2 Å². The fourth-order valence-electron chi connectivity index (χ4n) is 3.16. The molecule has 152 valence electrons. The molecule has 1 amide bonds. The van der Waals surface area contributed by atoms with E-state index in [4.69, 9.17) is 4.52 Å². The van der Waals surface area contributed by atoms with Crippen LogP contribution in [0.15, 0.2) is 58.1 Å². The lowest BCUT2D eigenvalue weighted by Gasteiger charge is -2.18. The van der Waals surface area contributed by atoms with Crippen molar-refractivity contribution in [2.45, 2.75) is 19.9 Å². The number of benzene rings is 1. The van der Waals surface area contributed by atoms with Crippen LogP contribution in [0.3, 0.4) is 0 Å². The van der Waals surface area contributed by atoms with Gasteiger partial charge in [0.05, 0.1) is 5.39 Å². The summed E-state index contributed by atoms with van der Waals surface area (Å²) >= 11 is 0. The van der Waals surface area contributed by atoms with Crippen molar-refractivity contribution >= 4 is 16.7 Å². The van der Waals surface area contributed by atoms with Gasteiger partial charge >= 0.3 is 0 Å². The molecule has 0 bridgehead atoms. The zero-order chi connectivity index (χ0) is 21.3. The first kappa shape index (κ1) is 19.4. The molecule has 0 fully saturated rings. The minimum absolute atomic E-state index is 0.0325. The molecular weight excluding hydrogens is 384 g/mol. The summed E-state index contributed by atoms with van der Waals surface area (Å²) in [5.41, 5.74) is 0.609. The molecule has 0 saturated carbocycles. The Morgan fingerprint density at radius 3 is 2.60 bits per heavy atom. The highest BCUT2D eigenvalue weighted by atomic mass is 16.5. The van der Waals surface area contributed by atoms with Crippen LogP contribution in [0.25, 0.3) is 22.2 Å². The number of hydrogen-bond donors (Lipinski definition) is 1. The monoisotopic (exact) mass is 404 g/mol. The number of amides is 1. The van der Waals surface area contributed by atoms with Gasteiger partial charge in [-0.05, 0) is 24.1 Å². The number of carbonyl (C=O) groups excluding carboxylic acids is 1. The van der Waals surface area contributed by atoms with E-state index in [0.29, 0.717) is 22.2 Å². The van der Waals surface area contributed by atoms with Gasteiger partial charge in [-0.1, -0.05) is 37.2 Å². The topological polar surface area (TPSA) is 116 Å². The van der Waals surface area contributed by atoms with Crippen molar-refractivity contribution in [2.24, 2.45) is 13.0 Å². The zero-order valence-corrected chi connectivity index (χ0v) is 16.7. The molecule has 4 aromatic rings. The second-order valence-corrected chi connectivity index (χ2v) is 7.22. The largest absolute Gasteiger partial charge is 0.339 e. The molecule has 1 atom stereocenters. The molecular formula is C21H20N6O3. The van der Waals surface area contributed by atoms with Crippen LogP contribution in [-0.4, -0.2) is 30.8 Å². The van der Waals surface area contributed by atoms with Crippen LogP contribution in [0.2, 0.25) is 0 Å². The van der Waals surface area contributed by atoms with Crippen molar-refractivity contribution < 1.29 is 9.32 Å². The zero-order valence-electron chi connectivity index (χ0n) is 16.7. The highest BCUT2D eigenvalue weighted by Crippen LogP contribution is 2.24. The first-order valence-electron chi connectivity index (χ1n) is 9.46. The lowest BCUT2D eigenvalue weighted by molar-refractivity contribution is 0.0908. The van der Waals surface area contributed by atoms with E-state index in [-0.39, 0.29) is 23.1 Å². The molecule has 0 aliphatic heterocycles. The molecule has 3 heterocycles. The van der Waals surface area contributed by atoms with E-state index in [0.717, 1.165) is 4.68 Å². The predicted octanol–water partition coefficient (Wildman–Crippen LogP) is 2.51.